The maximum Gasteiger partial charge on any atom is 0.412 e. The molecule has 33 heavy (non-hydrogen) atoms. The minimum Gasteiger partial charge on any atom is -0.444 e. The van der Waals surface area contributed by atoms with Crippen LogP contribution in [-0.2, 0) is 14.3 Å². The van der Waals surface area contributed by atoms with Crippen molar-refractivity contribution in [1.29, 1.82) is 0 Å². The molecule has 9 nitrogen and oxygen atoms in total. The summed E-state index contributed by atoms with van der Waals surface area (Å²) >= 11 is 5.91. The molecule has 3 N–H and O–H groups in total. The van der Waals surface area contributed by atoms with E-state index in [4.69, 9.17) is 16.3 Å². The van der Waals surface area contributed by atoms with E-state index in [1.807, 2.05) is 0 Å². The Morgan fingerprint density at radius 1 is 0.879 bits per heavy atom. The zero-order valence-corrected chi connectivity index (χ0v) is 19.4. The molecule has 0 fully saturated rings. The standard InChI is InChI=1S/C23H24ClN5O4/c1-14-19(13-25-29(14)18-11-5-15(24)6-12-18)28-21(31)20(30)26-16-7-9-17(10-8-16)27-22(32)33-23(2,3)4/h5-13H,1-4H3,(H,26,30)(H,27,32)(H,28,31). The van der Waals surface area contributed by atoms with Gasteiger partial charge >= 0.3 is 17.9 Å². The molecule has 0 aliphatic carbocycles. The number of anilines is 3. The van der Waals surface area contributed by atoms with Crippen molar-refractivity contribution < 1.29 is 19.1 Å². The van der Waals surface area contributed by atoms with Crippen LogP contribution < -0.4 is 16.0 Å². The summed E-state index contributed by atoms with van der Waals surface area (Å²) < 4.78 is 6.81. The number of rotatable bonds is 4. The second kappa shape index (κ2) is 9.74. The molecule has 0 bridgehead atoms. The highest BCUT2D eigenvalue weighted by Crippen LogP contribution is 2.20. The molecular formula is C23H24ClN5O4. The van der Waals surface area contributed by atoms with Gasteiger partial charge in [-0.25, -0.2) is 9.48 Å². The maximum atomic E-state index is 12.4. The highest BCUT2D eigenvalue weighted by molar-refractivity contribution is 6.43. The van der Waals surface area contributed by atoms with Crippen molar-refractivity contribution in [3.63, 3.8) is 0 Å². The SMILES string of the molecule is Cc1c(NC(=O)C(=O)Nc2ccc(NC(=O)OC(C)(C)C)cc2)cnn1-c1ccc(Cl)cc1. The van der Waals surface area contributed by atoms with E-state index < -0.39 is 23.5 Å². The quantitative estimate of drug-likeness (QED) is 0.476. The van der Waals surface area contributed by atoms with Crippen LogP contribution in [0.3, 0.4) is 0 Å². The molecule has 10 heteroatoms. The van der Waals surface area contributed by atoms with E-state index in [1.165, 1.54) is 6.20 Å². The average molecular weight is 470 g/mol. The first kappa shape index (κ1) is 23.8. The Kier molecular flexibility index (Phi) is 7.03. The van der Waals surface area contributed by atoms with Gasteiger partial charge in [0.05, 0.1) is 23.3 Å². The summed E-state index contributed by atoms with van der Waals surface area (Å²) in [6.07, 6.45) is 0.875. The second-order valence-electron chi connectivity index (χ2n) is 8.14. The van der Waals surface area contributed by atoms with Gasteiger partial charge in [0.1, 0.15) is 5.60 Å². The van der Waals surface area contributed by atoms with Gasteiger partial charge in [-0.2, -0.15) is 5.10 Å². The van der Waals surface area contributed by atoms with Crippen molar-refractivity contribution in [1.82, 2.24) is 9.78 Å². The van der Waals surface area contributed by atoms with E-state index in [-0.39, 0.29) is 0 Å². The van der Waals surface area contributed by atoms with Crippen molar-refractivity contribution in [2.75, 3.05) is 16.0 Å². The molecule has 3 rings (SSSR count). The Labute approximate surface area is 196 Å². The number of carbonyl (C=O) groups is 3. The summed E-state index contributed by atoms with van der Waals surface area (Å²) in [5.74, 6) is -1.69. The third-order valence-electron chi connectivity index (χ3n) is 4.32. The van der Waals surface area contributed by atoms with Crippen LogP contribution in [0, 0.1) is 6.92 Å². The lowest BCUT2D eigenvalue weighted by Gasteiger charge is -2.19. The minimum atomic E-state index is -0.846. The molecule has 2 aromatic carbocycles. The number of carbonyl (C=O) groups excluding carboxylic acids is 3. The zero-order chi connectivity index (χ0) is 24.2. The summed E-state index contributed by atoms with van der Waals surface area (Å²) in [6.45, 7) is 7.06. The number of nitrogens with zero attached hydrogens (tertiary/aromatic N) is 2. The van der Waals surface area contributed by atoms with E-state index >= 15 is 0 Å². The Morgan fingerprint density at radius 3 is 2.00 bits per heavy atom. The van der Waals surface area contributed by atoms with Crippen LogP contribution in [0.25, 0.3) is 5.69 Å². The Balaban J connectivity index is 1.58. The topological polar surface area (TPSA) is 114 Å². The average Bonchev–Trinajstić information content (AvgIpc) is 3.09. The van der Waals surface area contributed by atoms with Gasteiger partial charge in [-0.3, -0.25) is 14.9 Å². The molecule has 0 spiro atoms. The third kappa shape index (κ3) is 6.56. The summed E-state index contributed by atoms with van der Waals surface area (Å²) in [5, 5.41) is 12.5. The van der Waals surface area contributed by atoms with Crippen molar-refractivity contribution in [2.45, 2.75) is 33.3 Å². The first-order valence-electron chi connectivity index (χ1n) is 10.0. The van der Waals surface area contributed by atoms with Crippen LogP contribution in [0.5, 0.6) is 0 Å². The van der Waals surface area contributed by atoms with E-state index in [1.54, 1.807) is 80.9 Å². The fraction of sp³-hybridized carbons (Fsp3) is 0.217. The number of aromatic nitrogens is 2. The molecule has 0 unspecified atom stereocenters. The van der Waals surface area contributed by atoms with Crippen molar-refractivity contribution in [3.05, 3.63) is 65.4 Å². The van der Waals surface area contributed by atoms with Gasteiger partial charge in [-0.1, -0.05) is 11.6 Å². The Hall–Kier alpha value is -3.85. The first-order chi connectivity index (χ1) is 15.5. The van der Waals surface area contributed by atoms with Crippen molar-refractivity contribution >= 4 is 46.6 Å². The largest absolute Gasteiger partial charge is 0.444 e. The van der Waals surface area contributed by atoms with Gasteiger partial charge in [0.25, 0.3) is 0 Å². The molecule has 1 aromatic heterocycles. The molecule has 3 amide bonds. The molecule has 3 aromatic rings. The molecule has 0 atom stereocenters. The Bertz CT molecular complexity index is 1170. The third-order valence-corrected chi connectivity index (χ3v) is 4.58. The highest BCUT2D eigenvalue weighted by atomic mass is 35.5. The number of amides is 3. The number of halogens is 1. The van der Waals surface area contributed by atoms with Crippen LogP contribution in [0.1, 0.15) is 26.5 Å². The zero-order valence-electron chi connectivity index (χ0n) is 18.6. The molecule has 172 valence electrons. The van der Waals surface area contributed by atoms with Gasteiger partial charge in [-0.15, -0.1) is 0 Å². The normalized spacial score (nSPS) is 10.9. The molecular weight excluding hydrogens is 446 g/mol. The molecule has 0 aliphatic heterocycles. The number of ether oxygens (including phenoxy) is 1. The number of benzene rings is 2. The number of nitrogens with one attached hydrogen (secondary N) is 3. The number of hydrogen-bond acceptors (Lipinski definition) is 5. The highest BCUT2D eigenvalue weighted by Gasteiger charge is 2.18. The molecule has 0 saturated carbocycles. The fourth-order valence-corrected chi connectivity index (χ4v) is 2.93. The van der Waals surface area contributed by atoms with Gasteiger partial charge in [0.15, 0.2) is 0 Å². The summed E-state index contributed by atoms with van der Waals surface area (Å²) in [7, 11) is 0. The van der Waals surface area contributed by atoms with Crippen LogP contribution in [0.4, 0.5) is 21.9 Å². The Morgan fingerprint density at radius 2 is 1.42 bits per heavy atom. The maximum absolute atomic E-state index is 12.4. The fourth-order valence-electron chi connectivity index (χ4n) is 2.80. The van der Waals surface area contributed by atoms with Crippen LogP contribution in [0.2, 0.25) is 5.02 Å². The lowest BCUT2D eigenvalue weighted by molar-refractivity contribution is -0.133. The van der Waals surface area contributed by atoms with Crippen LogP contribution in [-0.4, -0.2) is 33.3 Å². The van der Waals surface area contributed by atoms with E-state index in [9.17, 15) is 14.4 Å². The monoisotopic (exact) mass is 469 g/mol. The van der Waals surface area contributed by atoms with Gasteiger partial charge in [0, 0.05) is 16.4 Å². The predicted molar refractivity (Wildman–Crippen MR) is 127 cm³/mol. The first-order valence-corrected chi connectivity index (χ1v) is 10.4. The molecule has 0 radical (unpaired) electrons. The molecule has 0 aliphatic rings. The number of hydrogen-bond donors (Lipinski definition) is 3. The smallest absolute Gasteiger partial charge is 0.412 e. The lowest BCUT2D eigenvalue weighted by Crippen LogP contribution is -2.29. The second-order valence-corrected chi connectivity index (χ2v) is 8.58. The molecule has 0 saturated heterocycles. The van der Waals surface area contributed by atoms with Gasteiger partial charge in [-0.05, 0) is 76.2 Å². The van der Waals surface area contributed by atoms with Gasteiger partial charge in [0.2, 0.25) is 0 Å². The van der Waals surface area contributed by atoms with Crippen LogP contribution in [0.15, 0.2) is 54.7 Å². The minimum absolute atomic E-state index is 0.387. The lowest BCUT2D eigenvalue weighted by atomic mass is 10.2. The molecule has 1 heterocycles. The van der Waals surface area contributed by atoms with E-state index in [0.29, 0.717) is 27.8 Å². The van der Waals surface area contributed by atoms with Crippen molar-refractivity contribution in [3.8, 4) is 5.69 Å². The summed E-state index contributed by atoms with van der Waals surface area (Å²) in [4.78, 5) is 36.5. The summed E-state index contributed by atoms with van der Waals surface area (Å²) in [6, 6.07) is 13.3. The van der Waals surface area contributed by atoms with E-state index in [2.05, 4.69) is 21.0 Å². The van der Waals surface area contributed by atoms with E-state index in [0.717, 1.165) is 5.69 Å². The van der Waals surface area contributed by atoms with Crippen LogP contribution >= 0.6 is 11.6 Å². The summed E-state index contributed by atoms with van der Waals surface area (Å²) in [5.41, 5.74) is 2.07. The predicted octanol–water partition coefficient (Wildman–Crippen LogP) is 4.76. The van der Waals surface area contributed by atoms with Crippen molar-refractivity contribution in [2.24, 2.45) is 0 Å². The van der Waals surface area contributed by atoms with Gasteiger partial charge < -0.3 is 15.4 Å².